The van der Waals surface area contributed by atoms with Gasteiger partial charge in [0.2, 0.25) is 0 Å². The van der Waals surface area contributed by atoms with Gasteiger partial charge in [-0.25, -0.2) is 9.59 Å². The molecule has 0 saturated heterocycles. The van der Waals surface area contributed by atoms with E-state index in [9.17, 15) is 9.59 Å². The first-order valence-electron chi connectivity index (χ1n) is 6.04. The Balaban J connectivity index is 2.83. The van der Waals surface area contributed by atoms with E-state index in [-0.39, 0.29) is 24.5 Å². The molecule has 0 aliphatic carbocycles. The van der Waals surface area contributed by atoms with Crippen LogP contribution in [0.1, 0.15) is 31.1 Å². The zero-order valence-electron chi connectivity index (χ0n) is 11.2. The van der Waals surface area contributed by atoms with Crippen LogP contribution in [-0.2, 0) is 14.3 Å². The molecule has 0 fully saturated rings. The number of hydrogen-bond donors (Lipinski definition) is 0. The van der Waals surface area contributed by atoms with Gasteiger partial charge >= 0.3 is 11.9 Å². The first kappa shape index (κ1) is 14.9. The molecule has 0 aliphatic rings. The maximum Gasteiger partial charge on any atom is 0.347 e. The predicted molar refractivity (Wildman–Crippen MR) is 66.9 cm³/mol. The van der Waals surface area contributed by atoms with Gasteiger partial charge in [0.25, 0.3) is 0 Å². The highest BCUT2D eigenvalue weighted by Crippen LogP contribution is 2.19. The molecule has 1 atom stereocenters. The van der Waals surface area contributed by atoms with Crippen LogP contribution in [0.2, 0.25) is 0 Å². The summed E-state index contributed by atoms with van der Waals surface area (Å²) in [5, 5.41) is 0. The fraction of sp³-hybridized carbons (Fsp3) is 0.462. The van der Waals surface area contributed by atoms with Crippen molar-refractivity contribution in [3.05, 3.63) is 24.0 Å². The predicted octanol–water partition coefficient (Wildman–Crippen LogP) is 1.59. The second-order valence-corrected chi connectivity index (χ2v) is 3.60. The van der Waals surface area contributed by atoms with Crippen molar-refractivity contribution >= 4 is 11.9 Å². The highest BCUT2D eigenvalue weighted by atomic mass is 16.6. The van der Waals surface area contributed by atoms with Crippen molar-refractivity contribution in [1.29, 1.82) is 0 Å². The minimum atomic E-state index is -0.822. The van der Waals surface area contributed by atoms with Gasteiger partial charge in [0, 0.05) is 6.20 Å². The van der Waals surface area contributed by atoms with Crippen molar-refractivity contribution in [3.8, 4) is 5.75 Å². The highest BCUT2D eigenvalue weighted by Gasteiger charge is 2.20. The van der Waals surface area contributed by atoms with Gasteiger partial charge < -0.3 is 14.2 Å². The fourth-order valence-electron chi connectivity index (χ4n) is 1.35. The van der Waals surface area contributed by atoms with E-state index in [1.807, 2.05) is 0 Å². The van der Waals surface area contributed by atoms with Gasteiger partial charge in [0.1, 0.15) is 5.56 Å². The molecule has 0 aliphatic heterocycles. The van der Waals surface area contributed by atoms with Crippen LogP contribution in [0.25, 0.3) is 0 Å². The molecule has 0 saturated carbocycles. The van der Waals surface area contributed by atoms with E-state index in [0.717, 1.165) is 0 Å². The molecule has 6 nitrogen and oxygen atoms in total. The van der Waals surface area contributed by atoms with Crippen LogP contribution in [0.4, 0.5) is 0 Å². The average Bonchev–Trinajstić information content (AvgIpc) is 2.39. The zero-order valence-corrected chi connectivity index (χ0v) is 11.2. The van der Waals surface area contributed by atoms with E-state index < -0.39 is 18.0 Å². The summed E-state index contributed by atoms with van der Waals surface area (Å²) in [6.07, 6.45) is 1.99. The van der Waals surface area contributed by atoms with Gasteiger partial charge in [0.05, 0.1) is 19.4 Å². The first-order chi connectivity index (χ1) is 9.10. The van der Waals surface area contributed by atoms with E-state index in [2.05, 4.69) is 4.98 Å². The molecule has 104 valence electrons. The Labute approximate surface area is 111 Å². The van der Waals surface area contributed by atoms with Crippen molar-refractivity contribution in [1.82, 2.24) is 4.98 Å². The van der Waals surface area contributed by atoms with E-state index >= 15 is 0 Å². The molecule has 1 rings (SSSR count). The van der Waals surface area contributed by atoms with E-state index in [1.165, 1.54) is 18.5 Å². The number of aromatic nitrogens is 1. The first-order valence-corrected chi connectivity index (χ1v) is 6.04. The SMILES string of the molecule is CCOC(=O)c1ccncc1OC(C)C(=O)OCC. The van der Waals surface area contributed by atoms with Crippen LogP contribution >= 0.6 is 0 Å². The molecule has 0 amide bonds. The Kier molecular flexibility index (Phi) is 5.78. The lowest BCUT2D eigenvalue weighted by molar-refractivity contribution is -0.150. The Bertz CT molecular complexity index is 446. The topological polar surface area (TPSA) is 74.7 Å². The van der Waals surface area contributed by atoms with Crippen LogP contribution in [0.5, 0.6) is 5.75 Å². The number of nitrogens with zero attached hydrogens (tertiary/aromatic N) is 1. The van der Waals surface area contributed by atoms with Crippen molar-refractivity contribution < 1.29 is 23.8 Å². The number of rotatable bonds is 6. The zero-order chi connectivity index (χ0) is 14.3. The van der Waals surface area contributed by atoms with Crippen LogP contribution in [0, 0.1) is 0 Å². The number of esters is 2. The third-order valence-corrected chi connectivity index (χ3v) is 2.20. The summed E-state index contributed by atoms with van der Waals surface area (Å²) in [6, 6.07) is 1.48. The smallest absolute Gasteiger partial charge is 0.347 e. The minimum Gasteiger partial charge on any atom is -0.476 e. The van der Waals surface area contributed by atoms with Crippen LogP contribution in [-0.4, -0.2) is 36.2 Å². The third-order valence-electron chi connectivity index (χ3n) is 2.20. The highest BCUT2D eigenvalue weighted by molar-refractivity contribution is 5.92. The standard InChI is InChI=1S/C13H17NO5/c1-4-17-12(15)9(3)19-11-8-14-7-6-10(11)13(16)18-5-2/h6-9H,4-5H2,1-3H3. The summed E-state index contributed by atoms with van der Waals surface area (Å²) in [7, 11) is 0. The van der Waals surface area contributed by atoms with Crippen LogP contribution in [0.3, 0.4) is 0 Å². The van der Waals surface area contributed by atoms with Gasteiger partial charge in [-0.3, -0.25) is 4.98 Å². The Morgan fingerprint density at radius 2 is 1.95 bits per heavy atom. The molecular formula is C13H17NO5. The van der Waals surface area contributed by atoms with Gasteiger partial charge in [-0.2, -0.15) is 0 Å². The molecular weight excluding hydrogens is 250 g/mol. The molecule has 1 aromatic heterocycles. The molecule has 6 heteroatoms. The molecule has 1 unspecified atom stereocenters. The summed E-state index contributed by atoms with van der Waals surface area (Å²) >= 11 is 0. The Morgan fingerprint density at radius 1 is 1.26 bits per heavy atom. The molecule has 1 aromatic rings. The molecule has 0 N–H and O–H groups in total. The second kappa shape index (κ2) is 7.35. The lowest BCUT2D eigenvalue weighted by atomic mass is 10.2. The maximum atomic E-state index is 11.7. The maximum absolute atomic E-state index is 11.7. The number of ether oxygens (including phenoxy) is 3. The molecule has 1 heterocycles. The Hall–Kier alpha value is -2.11. The van der Waals surface area contributed by atoms with Crippen LogP contribution in [0.15, 0.2) is 18.5 Å². The third kappa shape index (κ3) is 4.24. The summed E-state index contributed by atoms with van der Waals surface area (Å²) in [5.41, 5.74) is 0.230. The van der Waals surface area contributed by atoms with Gasteiger partial charge in [0.15, 0.2) is 11.9 Å². The van der Waals surface area contributed by atoms with E-state index in [4.69, 9.17) is 14.2 Å². The number of pyridine rings is 1. The van der Waals surface area contributed by atoms with Gasteiger partial charge in [-0.1, -0.05) is 0 Å². The monoisotopic (exact) mass is 267 g/mol. The second-order valence-electron chi connectivity index (χ2n) is 3.60. The number of carbonyl (C=O) groups is 2. The molecule has 0 spiro atoms. The summed E-state index contributed by atoms with van der Waals surface area (Å²) in [5.74, 6) is -0.821. The van der Waals surface area contributed by atoms with Crippen molar-refractivity contribution in [2.75, 3.05) is 13.2 Å². The Morgan fingerprint density at radius 3 is 2.58 bits per heavy atom. The number of carbonyl (C=O) groups excluding carboxylic acids is 2. The van der Waals surface area contributed by atoms with Crippen LogP contribution < -0.4 is 4.74 Å². The van der Waals surface area contributed by atoms with Gasteiger partial charge in [-0.05, 0) is 26.8 Å². The normalized spacial score (nSPS) is 11.5. The largest absolute Gasteiger partial charge is 0.476 e. The molecule has 19 heavy (non-hydrogen) atoms. The van der Waals surface area contributed by atoms with E-state index in [1.54, 1.807) is 20.8 Å². The molecule has 0 aromatic carbocycles. The number of hydrogen-bond acceptors (Lipinski definition) is 6. The fourth-order valence-corrected chi connectivity index (χ4v) is 1.35. The van der Waals surface area contributed by atoms with E-state index in [0.29, 0.717) is 0 Å². The molecule has 0 bridgehead atoms. The van der Waals surface area contributed by atoms with Crippen molar-refractivity contribution in [2.24, 2.45) is 0 Å². The minimum absolute atomic E-state index is 0.196. The molecule has 0 radical (unpaired) electrons. The van der Waals surface area contributed by atoms with Crippen molar-refractivity contribution in [2.45, 2.75) is 26.9 Å². The lowest BCUT2D eigenvalue weighted by Gasteiger charge is -2.15. The summed E-state index contributed by atoms with van der Waals surface area (Å²) in [6.45, 7) is 5.48. The summed E-state index contributed by atoms with van der Waals surface area (Å²) in [4.78, 5) is 27.0. The summed E-state index contributed by atoms with van der Waals surface area (Å²) < 4.78 is 15.1. The van der Waals surface area contributed by atoms with Crippen molar-refractivity contribution in [3.63, 3.8) is 0 Å². The average molecular weight is 267 g/mol. The van der Waals surface area contributed by atoms with Gasteiger partial charge in [-0.15, -0.1) is 0 Å². The lowest BCUT2D eigenvalue weighted by Crippen LogP contribution is -2.27. The quantitative estimate of drug-likeness (QED) is 0.729.